The molecule has 2 aromatic rings. The van der Waals surface area contributed by atoms with Gasteiger partial charge in [-0.25, -0.2) is 0 Å². The lowest BCUT2D eigenvalue weighted by Crippen LogP contribution is -2.30. The Morgan fingerprint density at radius 1 is 1.30 bits per heavy atom. The van der Waals surface area contributed by atoms with Crippen LogP contribution < -0.4 is 10.1 Å². The molecule has 0 saturated carbocycles. The number of nitrogens with zero attached hydrogens (tertiary/aromatic N) is 1. The topological polar surface area (TPSA) is 58.6 Å². The molecule has 3 rings (SSSR count). The molecule has 1 fully saturated rings. The van der Waals surface area contributed by atoms with E-state index >= 15 is 0 Å². The molecule has 5 nitrogen and oxygen atoms in total. The Morgan fingerprint density at radius 2 is 2.11 bits per heavy atom. The highest BCUT2D eigenvalue weighted by Gasteiger charge is 2.34. The zero-order chi connectivity index (χ0) is 19.4. The van der Waals surface area contributed by atoms with Crippen LogP contribution in [0.3, 0.4) is 0 Å². The van der Waals surface area contributed by atoms with Gasteiger partial charge in [0.05, 0.1) is 13.0 Å². The highest BCUT2D eigenvalue weighted by molar-refractivity contribution is 6.31. The molecular formula is C21H23ClN2O3. The Kier molecular flexibility index (Phi) is 6.01. The normalized spacial score (nSPS) is 16.5. The summed E-state index contributed by atoms with van der Waals surface area (Å²) in [4.78, 5) is 26.6. The van der Waals surface area contributed by atoms with E-state index in [1.807, 2.05) is 43.3 Å². The van der Waals surface area contributed by atoms with Crippen LogP contribution in [-0.2, 0) is 16.0 Å². The Hall–Kier alpha value is -2.53. The van der Waals surface area contributed by atoms with Gasteiger partial charge < -0.3 is 15.0 Å². The number of benzene rings is 2. The molecular weight excluding hydrogens is 364 g/mol. The number of ether oxygens (including phenoxy) is 1. The maximum absolute atomic E-state index is 12.5. The lowest BCUT2D eigenvalue weighted by Gasteiger charge is -2.17. The van der Waals surface area contributed by atoms with E-state index in [1.165, 1.54) is 0 Å². The van der Waals surface area contributed by atoms with Gasteiger partial charge in [0.15, 0.2) is 0 Å². The second-order valence-electron chi connectivity index (χ2n) is 6.80. The summed E-state index contributed by atoms with van der Waals surface area (Å²) >= 11 is 6.10. The minimum Gasteiger partial charge on any atom is -0.497 e. The second-order valence-corrected chi connectivity index (χ2v) is 7.20. The molecule has 142 valence electrons. The summed E-state index contributed by atoms with van der Waals surface area (Å²) < 4.78 is 5.23. The van der Waals surface area contributed by atoms with Crippen molar-refractivity contribution in [2.75, 3.05) is 25.5 Å². The standard InChI is InChI=1S/C21H23ClN2O3/c1-14-6-7-17(12-19(14)22)23-21(26)16-11-20(25)24(13-16)9-8-15-4-3-5-18(10-15)27-2/h3-7,10,12,16H,8-9,11,13H2,1-2H3,(H,23,26). The number of methoxy groups -OCH3 is 1. The molecule has 2 amide bonds. The number of halogens is 1. The quantitative estimate of drug-likeness (QED) is 0.823. The Morgan fingerprint density at radius 3 is 2.85 bits per heavy atom. The summed E-state index contributed by atoms with van der Waals surface area (Å²) in [6, 6.07) is 13.2. The number of hydrogen-bond donors (Lipinski definition) is 1. The first-order valence-corrected chi connectivity index (χ1v) is 9.32. The maximum atomic E-state index is 12.5. The summed E-state index contributed by atoms with van der Waals surface area (Å²) in [5.74, 6) is 0.323. The average Bonchev–Trinajstić information content (AvgIpc) is 3.04. The highest BCUT2D eigenvalue weighted by Crippen LogP contribution is 2.23. The van der Waals surface area contributed by atoms with E-state index in [0.717, 1.165) is 23.3 Å². The van der Waals surface area contributed by atoms with Gasteiger partial charge in [0.1, 0.15) is 5.75 Å². The van der Waals surface area contributed by atoms with Crippen molar-refractivity contribution in [3.8, 4) is 5.75 Å². The van der Waals surface area contributed by atoms with Crippen LogP contribution in [0.15, 0.2) is 42.5 Å². The van der Waals surface area contributed by atoms with Crippen LogP contribution in [-0.4, -0.2) is 36.9 Å². The van der Waals surface area contributed by atoms with E-state index in [2.05, 4.69) is 5.32 Å². The summed E-state index contributed by atoms with van der Waals surface area (Å²) in [5, 5.41) is 3.47. The number of hydrogen-bond acceptors (Lipinski definition) is 3. The molecule has 1 unspecified atom stereocenters. The van der Waals surface area contributed by atoms with Gasteiger partial charge in [-0.2, -0.15) is 0 Å². The first-order chi connectivity index (χ1) is 13.0. The number of nitrogens with one attached hydrogen (secondary N) is 1. The van der Waals surface area contributed by atoms with Crippen LogP contribution in [0.5, 0.6) is 5.75 Å². The number of carbonyl (C=O) groups excluding carboxylic acids is 2. The molecule has 2 aromatic carbocycles. The van der Waals surface area contributed by atoms with Crippen molar-refractivity contribution in [2.24, 2.45) is 5.92 Å². The third-order valence-corrected chi connectivity index (χ3v) is 5.24. The van der Waals surface area contributed by atoms with Gasteiger partial charge in [0, 0.05) is 30.2 Å². The van der Waals surface area contributed by atoms with Gasteiger partial charge in [-0.05, 0) is 48.7 Å². The van der Waals surface area contributed by atoms with Crippen molar-refractivity contribution in [3.05, 3.63) is 58.6 Å². The van der Waals surface area contributed by atoms with Crippen LogP contribution in [0.1, 0.15) is 17.5 Å². The number of amides is 2. The molecule has 1 aliphatic rings. The Bertz CT molecular complexity index is 853. The molecule has 1 aliphatic heterocycles. The van der Waals surface area contributed by atoms with Crippen LogP contribution in [0.2, 0.25) is 5.02 Å². The van der Waals surface area contributed by atoms with Crippen molar-refractivity contribution in [1.82, 2.24) is 4.90 Å². The lowest BCUT2D eigenvalue weighted by molar-refractivity contribution is -0.128. The fourth-order valence-electron chi connectivity index (χ4n) is 3.17. The molecule has 6 heteroatoms. The van der Waals surface area contributed by atoms with Crippen LogP contribution in [0.25, 0.3) is 0 Å². The second kappa shape index (κ2) is 8.44. The SMILES string of the molecule is COc1cccc(CCN2CC(C(=O)Nc3ccc(C)c(Cl)c3)CC2=O)c1. The molecule has 1 heterocycles. The summed E-state index contributed by atoms with van der Waals surface area (Å²) in [5.41, 5.74) is 2.71. The van der Waals surface area contributed by atoms with Crippen LogP contribution >= 0.6 is 11.6 Å². The third kappa shape index (κ3) is 4.80. The maximum Gasteiger partial charge on any atom is 0.229 e. The van der Waals surface area contributed by atoms with Gasteiger partial charge >= 0.3 is 0 Å². The molecule has 0 aromatic heterocycles. The molecule has 1 atom stereocenters. The number of rotatable bonds is 6. The van der Waals surface area contributed by atoms with Crippen LogP contribution in [0, 0.1) is 12.8 Å². The Labute approximate surface area is 164 Å². The molecule has 1 saturated heterocycles. The lowest BCUT2D eigenvalue weighted by atomic mass is 10.1. The van der Waals surface area contributed by atoms with E-state index in [-0.39, 0.29) is 24.2 Å². The predicted molar refractivity (Wildman–Crippen MR) is 106 cm³/mol. The van der Waals surface area contributed by atoms with E-state index in [4.69, 9.17) is 16.3 Å². The predicted octanol–water partition coefficient (Wildman–Crippen LogP) is 3.69. The first-order valence-electron chi connectivity index (χ1n) is 8.94. The third-order valence-electron chi connectivity index (χ3n) is 4.83. The molecule has 0 aliphatic carbocycles. The zero-order valence-electron chi connectivity index (χ0n) is 15.5. The minimum atomic E-state index is -0.345. The molecule has 0 spiro atoms. The molecule has 1 N–H and O–H groups in total. The zero-order valence-corrected chi connectivity index (χ0v) is 16.3. The van der Waals surface area contributed by atoms with E-state index < -0.39 is 0 Å². The smallest absolute Gasteiger partial charge is 0.229 e. The number of anilines is 1. The Balaban J connectivity index is 1.56. The van der Waals surface area contributed by atoms with Crippen molar-refractivity contribution in [1.29, 1.82) is 0 Å². The summed E-state index contributed by atoms with van der Waals surface area (Å²) in [6.07, 6.45) is 0.967. The van der Waals surface area contributed by atoms with Gasteiger partial charge in [0.2, 0.25) is 11.8 Å². The number of likely N-dealkylation sites (tertiary alicyclic amines) is 1. The molecule has 0 bridgehead atoms. The van der Waals surface area contributed by atoms with Crippen LogP contribution in [0.4, 0.5) is 5.69 Å². The first kappa shape index (κ1) is 19.2. The monoisotopic (exact) mass is 386 g/mol. The summed E-state index contributed by atoms with van der Waals surface area (Å²) in [6.45, 7) is 2.93. The minimum absolute atomic E-state index is 0.0139. The van der Waals surface area contributed by atoms with Gasteiger partial charge in [-0.15, -0.1) is 0 Å². The summed E-state index contributed by atoms with van der Waals surface area (Å²) in [7, 11) is 1.63. The molecule has 27 heavy (non-hydrogen) atoms. The van der Waals surface area contributed by atoms with Crippen molar-refractivity contribution >= 4 is 29.1 Å². The van der Waals surface area contributed by atoms with Gasteiger partial charge in [-0.1, -0.05) is 29.8 Å². The van der Waals surface area contributed by atoms with Gasteiger partial charge in [0.25, 0.3) is 0 Å². The average molecular weight is 387 g/mol. The fraction of sp³-hybridized carbons (Fsp3) is 0.333. The largest absolute Gasteiger partial charge is 0.497 e. The van der Waals surface area contributed by atoms with Crippen molar-refractivity contribution < 1.29 is 14.3 Å². The van der Waals surface area contributed by atoms with Crippen molar-refractivity contribution in [3.63, 3.8) is 0 Å². The van der Waals surface area contributed by atoms with Gasteiger partial charge in [-0.3, -0.25) is 9.59 Å². The number of aryl methyl sites for hydroxylation is 1. The van der Waals surface area contributed by atoms with E-state index in [1.54, 1.807) is 18.1 Å². The molecule has 0 radical (unpaired) electrons. The van der Waals surface area contributed by atoms with E-state index in [0.29, 0.717) is 23.8 Å². The number of carbonyl (C=O) groups is 2. The van der Waals surface area contributed by atoms with Crippen molar-refractivity contribution in [2.45, 2.75) is 19.8 Å². The fourth-order valence-corrected chi connectivity index (χ4v) is 3.35. The van der Waals surface area contributed by atoms with E-state index in [9.17, 15) is 9.59 Å². The highest BCUT2D eigenvalue weighted by atomic mass is 35.5.